The van der Waals surface area contributed by atoms with E-state index in [1.165, 1.54) is 4.31 Å². The van der Waals surface area contributed by atoms with E-state index in [0.29, 0.717) is 18.9 Å². The molecule has 8 heteroatoms. The predicted octanol–water partition coefficient (Wildman–Crippen LogP) is 4.08. The largest absolute Gasteiger partial charge is 0.497 e. The van der Waals surface area contributed by atoms with Crippen LogP contribution in [0.5, 0.6) is 11.5 Å². The fourth-order valence-corrected chi connectivity index (χ4v) is 5.77. The maximum atomic E-state index is 13.6. The third-order valence-electron chi connectivity index (χ3n) is 6.02. The summed E-state index contributed by atoms with van der Waals surface area (Å²) in [6, 6.07) is 13.8. The minimum Gasteiger partial charge on any atom is -0.497 e. The Balaban J connectivity index is 1.78. The topological polar surface area (TPSA) is 76.2 Å². The van der Waals surface area contributed by atoms with Gasteiger partial charge in [0.2, 0.25) is 15.9 Å². The first-order chi connectivity index (χ1) is 15.8. The van der Waals surface area contributed by atoms with E-state index in [4.69, 9.17) is 9.47 Å². The van der Waals surface area contributed by atoms with Crippen molar-refractivity contribution in [3.05, 3.63) is 54.1 Å². The lowest BCUT2D eigenvalue weighted by molar-refractivity contribution is -0.131. The van der Waals surface area contributed by atoms with Crippen molar-refractivity contribution < 1.29 is 22.7 Å². The summed E-state index contributed by atoms with van der Waals surface area (Å²) in [6.45, 7) is 2.61. The van der Waals surface area contributed by atoms with Crippen molar-refractivity contribution in [3.8, 4) is 11.5 Å². The molecule has 0 bridgehead atoms. The Morgan fingerprint density at radius 3 is 2.15 bits per heavy atom. The highest BCUT2D eigenvalue weighted by Gasteiger charge is 2.34. The van der Waals surface area contributed by atoms with Crippen molar-refractivity contribution in [1.82, 2.24) is 9.21 Å². The smallest absolute Gasteiger partial charge is 0.243 e. The molecule has 1 saturated carbocycles. The van der Waals surface area contributed by atoms with Gasteiger partial charge in [-0.3, -0.25) is 4.79 Å². The highest BCUT2D eigenvalue weighted by Crippen LogP contribution is 2.29. The van der Waals surface area contributed by atoms with Crippen LogP contribution in [0, 0.1) is 0 Å². The van der Waals surface area contributed by atoms with E-state index in [9.17, 15) is 13.2 Å². The standard InChI is InChI=1S/C25H34N2O5S/c1-4-32-23-14-16-24(17-15-23)33(29,30)27(21-8-6-5-7-9-21)19-25(28)26(2)18-20-10-12-22(31-3)13-11-20/h10-17,21H,4-9,18-19H2,1-3H3. The molecule has 0 radical (unpaired) electrons. The zero-order valence-corrected chi connectivity index (χ0v) is 20.5. The second kappa shape index (κ2) is 11.5. The van der Waals surface area contributed by atoms with Crippen LogP contribution < -0.4 is 9.47 Å². The average molecular weight is 475 g/mol. The number of likely N-dealkylation sites (N-methyl/N-ethyl adjacent to an activating group) is 1. The van der Waals surface area contributed by atoms with Gasteiger partial charge in [-0.25, -0.2) is 8.42 Å². The number of carbonyl (C=O) groups is 1. The molecule has 7 nitrogen and oxygen atoms in total. The summed E-state index contributed by atoms with van der Waals surface area (Å²) in [5.41, 5.74) is 0.949. The number of rotatable bonds is 10. The summed E-state index contributed by atoms with van der Waals surface area (Å²) >= 11 is 0. The number of amides is 1. The third kappa shape index (κ3) is 6.48. The van der Waals surface area contributed by atoms with Gasteiger partial charge in [-0.05, 0) is 61.7 Å². The number of hydrogen-bond donors (Lipinski definition) is 0. The van der Waals surface area contributed by atoms with Crippen molar-refractivity contribution in [2.24, 2.45) is 0 Å². The third-order valence-corrected chi connectivity index (χ3v) is 7.93. The highest BCUT2D eigenvalue weighted by atomic mass is 32.2. The summed E-state index contributed by atoms with van der Waals surface area (Å²) in [5.74, 6) is 1.14. The van der Waals surface area contributed by atoms with Crippen LogP contribution in [0.15, 0.2) is 53.4 Å². The van der Waals surface area contributed by atoms with Gasteiger partial charge >= 0.3 is 0 Å². The van der Waals surface area contributed by atoms with Gasteiger partial charge in [0.05, 0.1) is 25.2 Å². The van der Waals surface area contributed by atoms with Crippen LogP contribution >= 0.6 is 0 Å². The minimum absolute atomic E-state index is 0.173. The maximum Gasteiger partial charge on any atom is 0.243 e. The number of hydrogen-bond acceptors (Lipinski definition) is 5. The van der Waals surface area contributed by atoms with Gasteiger partial charge in [-0.1, -0.05) is 31.4 Å². The molecule has 3 rings (SSSR count). The molecule has 33 heavy (non-hydrogen) atoms. The van der Waals surface area contributed by atoms with Crippen LogP contribution in [0.3, 0.4) is 0 Å². The van der Waals surface area contributed by atoms with E-state index in [-0.39, 0.29) is 23.4 Å². The number of carbonyl (C=O) groups excluding carboxylic acids is 1. The first-order valence-electron chi connectivity index (χ1n) is 11.5. The molecule has 2 aromatic rings. The number of benzene rings is 2. The van der Waals surface area contributed by atoms with E-state index in [1.807, 2.05) is 31.2 Å². The monoisotopic (exact) mass is 474 g/mol. The first kappa shape index (κ1) is 25.1. The van der Waals surface area contributed by atoms with E-state index < -0.39 is 10.0 Å². The van der Waals surface area contributed by atoms with Gasteiger partial charge in [0.15, 0.2) is 0 Å². The van der Waals surface area contributed by atoms with Gasteiger partial charge in [-0.15, -0.1) is 0 Å². The summed E-state index contributed by atoms with van der Waals surface area (Å²) in [5, 5.41) is 0. The van der Waals surface area contributed by atoms with Crippen molar-refractivity contribution in [2.75, 3.05) is 27.3 Å². The molecule has 0 spiro atoms. The van der Waals surface area contributed by atoms with Crippen molar-refractivity contribution in [2.45, 2.75) is 56.5 Å². The Labute approximate surface area is 197 Å². The van der Waals surface area contributed by atoms with E-state index in [1.54, 1.807) is 43.3 Å². The zero-order chi connectivity index (χ0) is 23.8. The van der Waals surface area contributed by atoms with Crippen LogP contribution in [0.1, 0.15) is 44.6 Å². The Hall–Kier alpha value is -2.58. The van der Waals surface area contributed by atoms with Gasteiger partial charge in [0.25, 0.3) is 0 Å². The van der Waals surface area contributed by atoms with Gasteiger partial charge in [0.1, 0.15) is 11.5 Å². The summed E-state index contributed by atoms with van der Waals surface area (Å²) in [6.07, 6.45) is 4.57. The van der Waals surface area contributed by atoms with Gasteiger partial charge in [-0.2, -0.15) is 4.31 Å². The SMILES string of the molecule is CCOc1ccc(S(=O)(=O)N(CC(=O)N(C)Cc2ccc(OC)cc2)C2CCCCC2)cc1. The Morgan fingerprint density at radius 1 is 0.970 bits per heavy atom. The second-order valence-electron chi connectivity index (χ2n) is 8.34. The lowest BCUT2D eigenvalue weighted by atomic mass is 9.95. The van der Waals surface area contributed by atoms with Crippen LogP contribution in [0.25, 0.3) is 0 Å². The van der Waals surface area contributed by atoms with Crippen LogP contribution in [0.2, 0.25) is 0 Å². The Morgan fingerprint density at radius 2 is 1.58 bits per heavy atom. The van der Waals surface area contributed by atoms with Crippen LogP contribution in [-0.2, 0) is 21.4 Å². The predicted molar refractivity (Wildman–Crippen MR) is 128 cm³/mol. The number of sulfonamides is 1. The second-order valence-corrected chi connectivity index (χ2v) is 10.2. The zero-order valence-electron chi connectivity index (χ0n) is 19.7. The fraction of sp³-hybridized carbons (Fsp3) is 0.480. The van der Waals surface area contributed by atoms with Crippen molar-refractivity contribution in [1.29, 1.82) is 0 Å². The number of ether oxygens (including phenoxy) is 2. The maximum absolute atomic E-state index is 13.6. The summed E-state index contributed by atoms with van der Waals surface area (Å²) < 4.78 is 39.2. The molecule has 1 fully saturated rings. The van der Waals surface area contributed by atoms with E-state index in [0.717, 1.165) is 43.4 Å². The van der Waals surface area contributed by atoms with Crippen molar-refractivity contribution >= 4 is 15.9 Å². The number of nitrogens with zero attached hydrogens (tertiary/aromatic N) is 2. The van der Waals surface area contributed by atoms with Crippen molar-refractivity contribution in [3.63, 3.8) is 0 Å². The average Bonchev–Trinajstić information content (AvgIpc) is 2.83. The quantitative estimate of drug-likeness (QED) is 0.519. The van der Waals surface area contributed by atoms with Crippen LogP contribution in [0.4, 0.5) is 0 Å². The molecule has 1 aliphatic carbocycles. The Bertz CT molecular complexity index is 1000. The lowest BCUT2D eigenvalue weighted by Gasteiger charge is -2.34. The molecule has 0 N–H and O–H groups in total. The summed E-state index contributed by atoms with van der Waals surface area (Å²) in [4.78, 5) is 14.9. The Kier molecular flexibility index (Phi) is 8.74. The molecular formula is C25H34N2O5S. The molecule has 1 aliphatic rings. The molecule has 180 valence electrons. The molecule has 2 aromatic carbocycles. The van der Waals surface area contributed by atoms with E-state index >= 15 is 0 Å². The molecular weight excluding hydrogens is 440 g/mol. The molecule has 0 saturated heterocycles. The normalized spacial score (nSPS) is 14.8. The first-order valence-corrected chi connectivity index (χ1v) is 12.9. The van der Waals surface area contributed by atoms with Gasteiger partial charge < -0.3 is 14.4 Å². The van der Waals surface area contributed by atoms with E-state index in [2.05, 4.69) is 0 Å². The molecule has 1 amide bonds. The van der Waals surface area contributed by atoms with Crippen LogP contribution in [-0.4, -0.2) is 56.9 Å². The molecule has 0 heterocycles. The van der Waals surface area contributed by atoms with Gasteiger partial charge in [0, 0.05) is 19.6 Å². The highest BCUT2D eigenvalue weighted by molar-refractivity contribution is 7.89. The number of methoxy groups -OCH3 is 1. The summed E-state index contributed by atoms with van der Waals surface area (Å²) in [7, 11) is -0.519. The minimum atomic E-state index is -3.83. The lowest BCUT2D eigenvalue weighted by Crippen LogP contribution is -2.47. The molecule has 0 aromatic heterocycles. The molecule has 0 atom stereocenters. The fourth-order valence-electron chi connectivity index (χ4n) is 4.14. The molecule has 0 aliphatic heterocycles. The molecule has 0 unspecified atom stereocenters.